The van der Waals surface area contributed by atoms with Crippen LogP contribution in [0.5, 0.6) is 0 Å². The lowest BCUT2D eigenvalue weighted by Crippen LogP contribution is -2.57. The van der Waals surface area contributed by atoms with Crippen molar-refractivity contribution in [3.05, 3.63) is 59.7 Å². The van der Waals surface area contributed by atoms with Crippen molar-refractivity contribution in [1.82, 2.24) is 10.2 Å². The van der Waals surface area contributed by atoms with Gasteiger partial charge in [0.05, 0.1) is 21.8 Å². The van der Waals surface area contributed by atoms with Crippen molar-refractivity contribution < 1.29 is 30.0 Å². The molecular formula is C21H23F3N6O4S2. The fourth-order valence-corrected chi connectivity index (χ4v) is 5.47. The number of aliphatic imine (C=N–C) groups is 2. The number of sulfonamides is 2. The average Bonchev–Trinajstić information content (AvgIpc) is 2.82. The van der Waals surface area contributed by atoms with Gasteiger partial charge in [-0.25, -0.2) is 32.1 Å². The summed E-state index contributed by atoms with van der Waals surface area (Å²) in [5, 5.41) is 13.8. The number of hydrogen-bond acceptors (Lipinski definition) is 8. The summed E-state index contributed by atoms with van der Waals surface area (Å²) < 4.78 is 89.6. The average molecular weight is 545 g/mol. The highest BCUT2D eigenvalue weighted by Crippen LogP contribution is 2.40. The molecule has 10 nitrogen and oxygen atoms in total. The number of rotatable bonds is 4. The van der Waals surface area contributed by atoms with Crippen molar-refractivity contribution >= 4 is 31.7 Å². The highest BCUT2D eigenvalue weighted by atomic mass is 32.2. The summed E-state index contributed by atoms with van der Waals surface area (Å²) in [6.45, 7) is 1.00. The molecule has 5 N–H and O–H groups in total. The molecule has 2 aliphatic rings. The second-order valence-electron chi connectivity index (χ2n) is 8.36. The number of amidine groups is 2. The number of nitrogens with two attached hydrogens (primary N) is 2. The largest absolute Gasteiger partial charge is 0.451 e. The van der Waals surface area contributed by atoms with Gasteiger partial charge in [-0.05, 0) is 35.4 Å². The molecule has 4 rings (SSSR count). The summed E-state index contributed by atoms with van der Waals surface area (Å²) in [4.78, 5) is 8.80. The van der Waals surface area contributed by atoms with Crippen LogP contribution in [0, 0.1) is 0 Å². The molecule has 0 saturated carbocycles. The Bertz CT molecular complexity index is 1370. The molecule has 0 atom stereocenters. The summed E-state index contributed by atoms with van der Waals surface area (Å²) >= 11 is 0. The minimum absolute atomic E-state index is 0.0375. The maximum absolute atomic E-state index is 13.7. The van der Waals surface area contributed by atoms with Crippen molar-refractivity contribution in [3.63, 3.8) is 0 Å². The zero-order valence-corrected chi connectivity index (χ0v) is 20.4. The Morgan fingerprint density at radius 3 is 1.83 bits per heavy atom. The number of benzene rings is 2. The van der Waals surface area contributed by atoms with E-state index in [0.717, 1.165) is 0 Å². The van der Waals surface area contributed by atoms with Crippen LogP contribution in [0.4, 0.5) is 13.2 Å². The van der Waals surface area contributed by atoms with Crippen molar-refractivity contribution in [3.8, 4) is 0 Å². The first-order valence-electron chi connectivity index (χ1n) is 10.7. The van der Waals surface area contributed by atoms with Crippen LogP contribution in [-0.4, -0.2) is 72.3 Å². The molecule has 2 heterocycles. The van der Waals surface area contributed by atoms with Gasteiger partial charge in [-0.15, -0.1) is 0 Å². The number of nitrogens with zero attached hydrogens (tertiary/aromatic N) is 3. The lowest BCUT2D eigenvalue weighted by molar-refractivity contribution is -0.0602. The molecule has 2 aromatic carbocycles. The lowest BCUT2D eigenvalue weighted by Gasteiger charge is -2.44. The monoisotopic (exact) mass is 544 g/mol. The van der Waals surface area contributed by atoms with Crippen molar-refractivity contribution in [1.29, 1.82) is 0 Å². The highest BCUT2D eigenvalue weighted by molar-refractivity contribution is 7.89. The van der Waals surface area contributed by atoms with Crippen LogP contribution in [0.25, 0.3) is 0 Å². The molecule has 0 aromatic heterocycles. The molecule has 1 fully saturated rings. The maximum atomic E-state index is 13.7. The Morgan fingerprint density at radius 2 is 1.39 bits per heavy atom. The molecule has 0 amide bonds. The molecule has 0 bridgehead atoms. The Labute approximate surface area is 206 Å². The zero-order chi connectivity index (χ0) is 26.4. The van der Waals surface area contributed by atoms with E-state index >= 15 is 0 Å². The maximum Gasteiger partial charge on any atom is 0.451 e. The molecule has 15 heteroatoms. The predicted octanol–water partition coefficient (Wildman–Crippen LogP) is 0.546. The van der Waals surface area contributed by atoms with E-state index in [2.05, 4.69) is 15.3 Å². The lowest BCUT2D eigenvalue weighted by atomic mass is 9.72. The van der Waals surface area contributed by atoms with Gasteiger partial charge >= 0.3 is 6.18 Å². The Hall–Kier alpha value is -2.85. The van der Waals surface area contributed by atoms with Gasteiger partial charge in [0.25, 0.3) is 0 Å². The van der Waals surface area contributed by atoms with Crippen LogP contribution in [0.2, 0.25) is 0 Å². The number of hydrogen-bond donors (Lipinski definition) is 3. The molecule has 2 aliphatic heterocycles. The van der Waals surface area contributed by atoms with Crippen molar-refractivity contribution in [2.75, 3.05) is 32.7 Å². The van der Waals surface area contributed by atoms with Gasteiger partial charge in [0.2, 0.25) is 25.9 Å². The SMILES string of the molecule is NS(=O)(=O)c1cccc(C2(c3cccc(S(N)(=O)=O)c3)CN=C(C(F)(F)F)N=C2N2CCNCC2)c1. The summed E-state index contributed by atoms with van der Waals surface area (Å²) in [5.41, 5.74) is -1.13. The normalized spacial score (nSPS) is 19.0. The first-order valence-corrected chi connectivity index (χ1v) is 13.8. The van der Waals surface area contributed by atoms with Crippen LogP contribution in [0.15, 0.2) is 68.3 Å². The van der Waals surface area contributed by atoms with E-state index in [0.29, 0.717) is 26.2 Å². The molecule has 36 heavy (non-hydrogen) atoms. The van der Waals surface area contributed by atoms with Gasteiger partial charge in [0.1, 0.15) is 5.84 Å². The Morgan fingerprint density at radius 1 is 0.889 bits per heavy atom. The van der Waals surface area contributed by atoms with E-state index in [-0.39, 0.29) is 26.8 Å². The molecule has 1 saturated heterocycles. The minimum Gasteiger partial charge on any atom is -0.356 e. The van der Waals surface area contributed by atoms with E-state index in [9.17, 15) is 30.0 Å². The smallest absolute Gasteiger partial charge is 0.356 e. The fraction of sp³-hybridized carbons (Fsp3) is 0.333. The number of primary sulfonamides is 2. The fourth-order valence-electron chi connectivity index (χ4n) is 4.35. The Balaban J connectivity index is 2.06. The third-order valence-electron chi connectivity index (χ3n) is 6.04. The quantitative estimate of drug-likeness (QED) is 0.509. The number of nitrogens with one attached hydrogen (secondary N) is 1. The third kappa shape index (κ3) is 5.01. The molecule has 0 aliphatic carbocycles. The van der Waals surface area contributed by atoms with Gasteiger partial charge in [-0.2, -0.15) is 13.2 Å². The summed E-state index contributed by atoms with van der Waals surface area (Å²) in [6, 6.07) is 10.8. The molecule has 0 radical (unpaired) electrons. The van der Waals surface area contributed by atoms with Gasteiger partial charge in [0.15, 0.2) is 0 Å². The van der Waals surface area contributed by atoms with Crippen LogP contribution in [0.3, 0.4) is 0 Å². The third-order valence-corrected chi connectivity index (χ3v) is 7.86. The molecular weight excluding hydrogens is 521 g/mol. The number of halogens is 3. The number of piperazine rings is 1. The number of alkyl halides is 3. The first kappa shape index (κ1) is 26.2. The zero-order valence-electron chi connectivity index (χ0n) is 18.7. The predicted molar refractivity (Wildman–Crippen MR) is 127 cm³/mol. The highest BCUT2D eigenvalue weighted by Gasteiger charge is 2.49. The van der Waals surface area contributed by atoms with Crippen molar-refractivity contribution in [2.24, 2.45) is 20.3 Å². The second kappa shape index (κ2) is 9.23. The second-order valence-corrected chi connectivity index (χ2v) is 11.5. The van der Waals surface area contributed by atoms with Gasteiger partial charge in [-0.1, -0.05) is 24.3 Å². The van der Waals surface area contributed by atoms with E-state index in [1.807, 2.05) is 0 Å². The van der Waals surface area contributed by atoms with Gasteiger partial charge < -0.3 is 10.2 Å². The minimum atomic E-state index is -4.84. The standard InChI is InChI=1S/C21H23F3N6O4S2/c22-21(23,24)18-28-13-20(19(29-18)30-9-7-27-8-10-30,14-3-1-5-16(11-14)35(25,31)32)15-4-2-6-17(12-15)36(26,33)34/h1-6,11-12,27H,7-10,13H2,(H2,25,31,32)(H2,26,33,34). The van der Waals surface area contributed by atoms with Crippen LogP contribution in [-0.2, 0) is 25.5 Å². The summed E-state index contributed by atoms with van der Waals surface area (Å²) in [6.07, 6.45) is -4.84. The summed E-state index contributed by atoms with van der Waals surface area (Å²) in [7, 11) is -8.35. The van der Waals surface area contributed by atoms with E-state index < -0.39 is 44.0 Å². The molecule has 0 unspecified atom stereocenters. The van der Waals surface area contributed by atoms with Crippen LogP contribution < -0.4 is 15.6 Å². The van der Waals surface area contributed by atoms with Crippen LogP contribution in [0.1, 0.15) is 11.1 Å². The summed E-state index contributed by atoms with van der Waals surface area (Å²) in [5.74, 6) is -1.37. The van der Waals surface area contributed by atoms with Crippen LogP contribution >= 0.6 is 0 Å². The molecule has 194 valence electrons. The molecule has 2 aromatic rings. The van der Waals surface area contributed by atoms with Gasteiger partial charge in [-0.3, -0.25) is 4.99 Å². The van der Waals surface area contributed by atoms with E-state index in [1.54, 1.807) is 4.90 Å². The molecule has 0 spiro atoms. The topological polar surface area (TPSA) is 160 Å². The van der Waals surface area contributed by atoms with E-state index in [1.165, 1.54) is 48.5 Å². The van der Waals surface area contributed by atoms with E-state index in [4.69, 9.17) is 10.3 Å². The van der Waals surface area contributed by atoms with Gasteiger partial charge in [0, 0.05) is 26.2 Å². The first-order chi connectivity index (χ1) is 16.7. The Kier molecular flexibility index (Phi) is 6.72. The van der Waals surface area contributed by atoms with Crippen molar-refractivity contribution in [2.45, 2.75) is 21.4 Å².